The third kappa shape index (κ3) is 2.95. The molecule has 1 rings (SSSR count). The molecule has 1 aliphatic rings. The number of nitrogens with two attached hydrogens (primary N) is 1. The second kappa shape index (κ2) is 5.15. The molecule has 4 heteroatoms. The molecular weight excluding hydrogens is 202 g/mol. The molecule has 3 N–H and O–H groups in total. The van der Waals surface area contributed by atoms with Gasteiger partial charge in [0.05, 0.1) is 5.41 Å². The lowest BCUT2D eigenvalue weighted by Crippen LogP contribution is -2.49. The Labute approximate surface area is 98.5 Å². The summed E-state index contributed by atoms with van der Waals surface area (Å²) < 4.78 is 0. The molecule has 1 atom stereocenters. The van der Waals surface area contributed by atoms with Crippen LogP contribution in [0.3, 0.4) is 0 Å². The molecule has 94 valence electrons. The maximum absolute atomic E-state index is 11.6. The van der Waals surface area contributed by atoms with Gasteiger partial charge in [0.25, 0.3) is 0 Å². The number of rotatable bonds is 4. The first kappa shape index (κ1) is 13.5. The van der Waals surface area contributed by atoms with Gasteiger partial charge in [0.1, 0.15) is 0 Å². The van der Waals surface area contributed by atoms with Crippen molar-refractivity contribution in [1.82, 2.24) is 10.3 Å². The van der Waals surface area contributed by atoms with Crippen LogP contribution in [0.2, 0.25) is 0 Å². The minimum absolute atomic E-state index is 0.0816. The predicted molar refractivity (Wildman–Crippen MR) is 65.5 cm³/mol. The minimum Gasteiger partial charge on any atom is -0.299 e. The molecule has 1 amide bonds. The van der Waals surface area contributed by atoms with Crippen molar-refractivity contribution < 1.29 is 4.79 Å². The fraction of sp³-hybridized carbons (Fsp3) is 0.917. The van der Waals surface area contributed by atoms with E-state index in [9.17, 15) is 4.79 Å². The molecule has 1 fully saturated rings. The number of nitrogens with one attached hydrogen (secondary N) is 1. The zero-order valence-corrected chi connectivity index (χ0v) is 10.9. The Kier molecular flexibility index (Phi) is 4.33. The van der Waals surface area contributed by atoms with Crippen LogP contribution in [-0.4, -0.2) is 29.9 Å². The maximum atomic E-state index is 11.6. The molecule has 0 aromatic heterocycles. The third-order valence-electron chi connectivity index (χ3n) is 3.53. The Hall–Kier alpha value is -0.610. The van der Waals surface area contributed by atoms with Crippen molar-refractivity contribution in [3.05, 3.63) is 0 Å². The summed E-state index contributed by atoms with van der Waals surface area (Å²) in [5, 5.41) is 0. The zero-order chi connectivity index (χ0) is 12.3. The number of hydrogen-bond donors (Lipinski definition) is 2. The lowest BCUT2D eigenvalue weighted by atomic mass is 9.90. The van der Waals surface area contributed by atoms with E-state index in [1.165, 1.54) is 12.8 Å². The largest absolute Gasteiger partial charge is 0.299 e. The van der Waals surface area contributed by atoms with Crippen molar-refractivity contribution in [3.63, 3.8) is 0 Å². The topological polar surface area (TPSA) is 58.4 Å². The van der Waals surface area contributed by atoms with Gasteiger partial charge in [0.2, 0.25) is 5.91 Å². The van der Waals surface area contributed by atoms with E-state index in [4.69, 9.17) is 5.84 Å². The van der Waals surface area contributed by atoms with E-state index in [1.54, 1.807) is 0 Å². The van der Waals surface area contributed by atoms with Crippen molar-refractivity contribution in [1.29, 1.82) is 0 Å². The van der Waals surface area contributed by atoms with Gasteiger partial charge in [-0.05, 0) is 39.2 Å². The van der Waals surface area contributed by atoms with Gasteiger partial charge in [-0.25, -0.2) is 5.84 Å². The first-order valence-electron chi connectivity index (χ1n) is 6.13. The third-order valence-corrected chi connectivity index (χ3v) is 3.53. The Bertz CT molecular complexity index is 251. The standard InChI is InChI=1S/C12H25N3O/c1-9(2)10-6-5-7-15(10)8-12(3,4)11(16)14-13/h9-10H,5-8,13H2,1-4H3,(H,14,16). The molecule has 0 aliphatic carbocycles. The van der Waals surface area contributed by atoms with Crippen LogP contribution in [0.5, 0.6) is 0 Å². The monoisotopic (exact) mass is 227 g/mol. The molecule has 1 unspecified atom stereocenters. The highest BCUT2D eigenvalue weighted by Gasteiger charge is 2.35. The Morgan fingerprint density at radius 2 is 2.19 bits per heavy atom. The van der Waals surface area contributed by atoms with Crippen LogP contribution < -0.4 is 11.3 Å². The average Bonchev–Trinajstić information content (AvgIpc) is 2.63. The summed E-state index contributed by atoms with van der Waals surface area (Å²) in [7, 11) is 0. The molecular formula is C12H25N3O. The molecule has 0 aromatic rings. The van der Waals surface area contributed by atoms with Gasteiger partial charge in [-0.2, -0.15) is 0 Å². The fourth-order valence-corrected chi connectivity index (χ4v) is 2.58. The highest BCUT2D eigenvalue weighted by Crippen LogP contribution is 2.28. The molecule has 0 bridgehead atoms. The van der Waals surface area contributed by atoms with Gasteiger partial charge in [-0.15, -0.1) is 0 Å². The summed E-state index contributed by atoms with van der Waals surface area (Å²) >= 11 is 0. The van der Waals surface area contributed by atoms with Gasteiger partial charge in [0, 0.05) is 12.6 Å². The van der Waals surface area contributed by atoms with Crippen LogP contribution in [0.15, 0.2) is 0 Å². The highest BCUT2D eigenvalue weighted by atomic mass is 16.2. The molecule has 0 radical (unpaired) electrons. The van der Waals surface area contributed by atoms with Crippen LogP contribution in [0.25, 0.3) is 0 Å². The number of hydrogen-bond acceptors (Lipinski definition) is 3. The van der Waals surface area contributed by atoms with Crippen molar-refractivity contribution in [2.75, 3.05) is 13.1 Å². The van der Waals surface area contributed by atoms with Gasteiger partial charge < -0.3 is 0 Å². The smallest absolute Gasteiger partial charge is 0.240 e. The molecule has 1 aliphatic heterocycles. The second-order valence-corrected chi connectivity index (χ2v) is 5.78. The summed E-state index contributed by atoms with van der Waals surface area (Å²) in [5.41, 5.74) is 1.85. The normalized spacial score (nSPS) is 22.8. The first-order valence-corrected chi connectivity index (χ1v) is 6.13. The van der Waals surface area contributed by atoms with E-state index < -0.39 is 5.41 Å². The summed E-state index contributed by atoms with van der Waals surface area (Å²) in [5.74, 6) is 5.78. The number of nitrogens with zero attached hydrogens (tertiary/aromatic N) is 1. The van der Waals surface area contributed by atoms with E-state index in [0.717, 1.165) is 13.1 Å². The number of amides is 1. The van der Waals surface area contributed by atoms with Crippen LogP contribution in [-0.2, 0) is 4.79 Å². The molecule has 0 spiro atoms. The van der Waals surface area contributed by atoms with Gasteiger partial charge >= 0.3 is 0 Å². The predicted octanol–water partition coefficient (Wildman–Crippen LogP) is 1.12. The number of carbonyl (C=O) groups excluding carboxylic acids is 1. The Morgan fingerprint density at radius 3 is 2.69 bits per heavy atom. The fourth-order valence-electron chi connectivity index (χ4n) is 2.58. The Balaban J connectivity index is 2.62. The minimum atomic E-state index is -0.410. The van der Waals surface area contributed by atoms with E-state index in [-0.39, 0.29) is 5.91 Å². The molecule has 1 saturated heterocycles. The second-order valence-electron chi connectivity index (χ2n) is 5.78. The van der Waals surface area contributed by atoms with Gasteiger partial charge in [0.15, 0.2) is 0 Å². The molecule has 4 nitrogen and oxygen atoms in total. The SMILES string of the molecule is CC(C)C1CCCN1CC(C)(C)C(=O)NN. The van der Waals surface area contributed by atoms with Crippen LogP contribution in [0.1, 0.15) is 40.5 Å². The van der Waals surface area contributed by atoms with Crippen LogP contribution in [0, 0.1) is 11.3 Å². The number of likely N-dealkylation sites (tertiary alicyclic amines) is 1. The highest BCUT2D eigenvalue weighted by molar-refractivity contribution is 5.81. The number of hydrazine groups is 1. The lowest BCUT2D eigenvalue weighted by Gasteiger charge is -2.34. The maximum Gasteiger partial charge on any atom is 0.240 e. The molecule has 0 saturated carbocycles. The number of carbonyl (C=O) groups is 1. The average molecular weight is 227 g/mol. The quantitative estimate of drug-likeness (QED) is 0.430. The van der Waals surface area contributed by atoms with Crippen molar-refractivity contribution in [3.8, 4) is 0 Å². The van der Waals surface area contributed by atoms with E-state index >= 15 is 0 Å². The van der Waals surface area contributed by atoms with Crippen molar-refractivity contribution >= 4 is 5.91 Å². The van der Waals surface area contributed by atoms with E-state index in [0.29, 0.717) is 12.0 Å². The summed E-state index contributed by atoms with van der Waals surface area (Å²) in [4.78, 5) is 14.1. The van der Waals surface area contributed by atoms with E-state index in [2.05, 4.69) is 24.2 Å². The van der Waals surface area contributed by atoms with Crippen molar-refractivity contribution in [2.45, 2.75) is 46.6 Å². The van der Waals surface area contributed by atoms with Crippen molar-refractivity contribution in [2.24, 2.45) is 17.2 Å². The van der Waals surface area contributed by atoms with Crippen LogP contribution >= 0.6 is 0 Å². The van der Waals surface area contributed by atoms with Gasteiger partial charge in [-0.3, -0.25) is 15.1 Å². The summed E-state index contributed by atoms with van der Waals surface area (Å²) in [6.45, 7) is 10.3. The van der Waals surface area contributed by atoms with Crippen LogP contribution in [0.4, 0.5) is 0 Å². The summed E-state index contributed by atoms with van der Waals surface area (Å²) in [6, 6.07) is 0.616. The molecule has 16 heavy (non-hydrogen) atoms. The zero-order valence-electron chi connectivity index (χ0n) is 10.9. The summed E-state index contributed by atoms with van der Waals surface area (Å²) in [6.07, 6.45) is 2.49. The Morgan fingerprint density at radius 1 is 1.56 bits per heavy atom. The lowest BCUT2D eigenvalue weighted by molar-refractivity contribution is -0.130. The first-order chi connectivity index (χ1) is 7.38. The molecule has 1 heterocycles. The van der Waals surface area contributed by atoms with Gasteiger partial charge in [-0.1, -0.05) is 13.8 Å². The van der Waals surface area contributed by atoms with E-state index in [1.807, 2.05) is 13.8 Å². The molecule has 0 aromatic carbocycles.